The third-order valence-electron chi connectivity index (χ3n) is 2.52. The van der Waals surface area contributed by atoms with Crippen molar-refractivity contribution in [2.45, 2.75) is 20.4 Å². The molecule has 4 heteroatoms. The average Bonchev–Trinajstić information content (AvgIpc) is 2.27. The molecule has 0 aromatic carbocycles. The second-order valence-electron chi connectivity index (χ2n) is 4.80. The van der Waals surface area contributed by atoms with Gasteiger partial charge >= 0.3 is 0 Å². The van der Waals surface area contributed by atoms with E-state index in [9.17, 15) is 0 Å². The summed E-state index contributed by atoms with van der Waals surface area (Å²) in [7, 11) is 2.10. The molecular weight excluding hydrogens is 234 g/mol. The maximum absolute atomic E-state index is 6.07. The fraction of sp³-hybridized carbons (Fsp3) is 0.615. The van der Waals surface area contributed by atoms with Crippen molar-refractivity contribution in [3.63, 3.8) is 0 Å². The van der Waals surface area contributed by atoms with E-state index in [1.807, 2.05) is 6.07 Å². The van der Waals surface area contributed by atoms with Gasteiger partial charge in [-0.05, 0) is 31.1 Å². The number of halogens is 1. The summed E-state index contributed by atoms with van der Waals surface area (Å²) in [6, 6.07) is 1.97. The smallest absolute Gasteiger partial charge is 0.0634 e. The zero-order chi connectivity index (χ0) is 12.7. The number of nitrogens with zero attached hydrogens (tertiary/aromatic N) is 2. The third kappa shape index (κ3) is 6.01. The SMILES string of the molecule is CC(C)CNCCN(C)Cc1ccncc1Cl. The van der Waals surface area contributed by atoms with Crippen LogP contribution in [0, 0.1) is 5.92 Å². The molecule has 0 aliphatic heterocycles. The van der Waals surface area contributed by atoms with Gasteiger partial charge in [0, 0.05) is 32.0 Å². The highest BCUT2D eigenvalue weighted by Gasteiger charge is 2.03. The summed E-state index contributed by atoms with van der Waals surface area (Å²) in [5, 5.41) is 4.17. The number of aromatic nitrogens is 1. The highest BCUT2D eigenvalue weighted by molar-refractivity contribution is 6.31. The van der Waals surface area contributed by atoms with Crippen LogP contribution in [0.4, 0.5) is 0 Å². The fourth-order valence-electron chi connectivity index (χ4n) is 1.56. The lowest BCUT2D eigenvalue weighted by Gasteiger charge is -2.18. The number of pyridine rings is 1. The van der Waals surface area contributed by atoms with Gasteiger partial charge in [-0.1, -0.05) is 25.4 Å². The highest BCUT2D eigenvalue weighted by atomic mass is 35.5. The maximum Gasteiger partial charge on any atom is 0.0634 e. The van der Waals surface area contributed by atoms with E-state index in [1.165, 1.54) is 0 Å². The van der Waals surface area contributed by atoms with E-state index < -0.39 is 0 Å². The van der Waals surface area contributed by atoms with Crippen molar-refractivity contribution in [3.05, 3.63) is 29.0 Å². The Morgan fingerprint density at radius 3 is 2.88 bits per heavy atom. The second kappa shape index (κ2) is 7.64. The van der Waals surface area contributed by atoms with Crippen LogP contribution in [-0.4, -0.2) is 36.6 Å². The standard InChI is InChI=1S/C13H22ClN3/c1-11(2)8-16-6-7-17(3)10-12-4-5-15-9-13(12)14/h4-5,9,11,16H,6-8,10H2,1-3H3. The molecule has 0 bridgehead atoms. The molecule has 96 valence electrons. The van der Waals surface area contributed by atoms with E-state index in [2.05, 4.69) is 36.1 Å². The topological polar surface area (TPSA) is 28.2 Å². The zero-order valence-electron chi connectivity index (χ0n) is 10.9. The average molecular weight is 256 g/mol. The Labute approximate surface area is 109 Å². The van der Waals surface area contributed by atoms with E-state index in [0.717, 1.165) is 36.8 Å². The first-order valence-electron chi connectivity index (χ1n) is 6.07. The van der Waals surface area contributed by atoms with Crippen LogP contribution in [0.5, 0.6) is 0 Å². The van der Waals surface area contributed by atoms with Crippen LogP contribution < -0.4 is 5.32 Å². The molecule has 0 amide bonds. The van der Waals surface area contributed by atoms with Crippen LogP contribution in [0.2, 0.25) is 5.02 Å². The minimum atomic E-state index is 0.704. The zero-order valence-corrected chi connectivity index (χ0v) is 11.7. The van der Waals surface area contributed by atoms with Crippen LogP contribution in [0.3, 0.4) is 0 Å². The molecule has 0 aliphatic carbocycles. The van der Waals surface area contributed by atoms with E-state index >= 15 is 0 Å². The summed E-state index contributed by atoms with van der Waals surface area (Å²) in [4.78, 5) is 6.24. The van der Waals surface area contributed by atoms with E-state index in [1.54, 1.807) is 12.4 Å². The maximum atomic E-state index is 6.07. The van der Waals surface area contributed by atoms with Gasteiger partial charge in [-0.2, -0.15) is 0 Å². The molecule has 0 unspecified atom stereocenters. The van der Waals surface area contributed by atoms with Gasteiger partial charge in [0.2, 0.25) is 0 Å². The Morgan fingerprint density at radius 1 is 1.47 bits per heavy atom. The predicted molar refractivity (Wildman–Crippen MR) is 73.3 cm³/mol. The van der Waals surface area contributed by atoms with Gasteiger partial charge in [-0.3, -0.25) is 4.98 Å². The van der Waals surface area contributed by atoms with Gasteiger partial charge in [0.1, 0.15) is 0 Å². The Kier molecular flexibility index (Phi) is 6.48. The van der Waals surface area contributed by atoms with Gasteiger partial charge in [-0.25, -0.2) is 0 Å². The molecule has 0 aliphatic rings. The predicted octanol–water partition coefficient (Wildman–Crippen LogP) is 2.41. The van der Waals surface area contributed by atoms with Crippen molar-refractivity contribution in [3.8, 4) is 0 Å². The first kappa shape index (κ1) is 14.4. The molecule has 1 rings (SSSR count). The number of rotatable bonds is 7. The lowest BCUT2D eigenvalue weighted by atomic mass is 10.2. The first-order valence-corrected chi connectivity index (χ1v) is 6.45. The van der Waals surface area contributed by atoms with Crippen molar-refractivity contribution in [1.29, 1.82) is 0 Å². The molecule has 0 fully saturated rings. The van der Waals surface area contributed by atoms with Crippen molar-refractivity contribution < 1.29 is 0 Å². The Balaban J connectivity index is 2.25. The largest absolute Gasteiger partial charge is 0.315 e. The quantitative estimate of drug-likeness (QED) is 0.759. The van der Waals surface area contributed by atoms with Gasteiger partial charge < -0.3 is 10.2 Å². The Morgan fingerprint density at radius 2 is 2.24 bits per heavy atom. The summed E-state index contributed by atoms with van der Waals surface area (Å²) in [5.74, 6) is 0.704. The van der Waals surface area contributed by atoms with E-state index in [-0.39, 0.29) is 0 Å². The van der Waals surface area contributed by atoms with Crippen LogP contribution in [0.25, 0.3) is 0 Å². The number of hydrogen-bond donors (Lipinski definition) is 1. The molecule has 17 heavy (non-hydrogen) atoms. The van der Waals surface area contributed by atoms with Crippen LogP contribution >= 0.6 is 11.6 Å². The van der Waals surface area contributed by atoms with Crippen molar-refractivity contribution >= 4 is 11.6 Å². The van der Waals surface area contributed by atoms with E-state index in [4.69, 9.17) is 11.6 Å². The van der Waals surface area contributed by atoms with Crippen LogP contribution in [0.1, 0.15) is 19.4 Å². The Bertz CT molecular complexity index is 328. The van der Waals surface area contributed by atoms with Crippen LogP contribution in [-0.2, 0) is 6.54 Å². The fourth-order valence-corrected chi connectivity index (χ4v) is 1.74. The molecule has 3 nitrogen and oxygen atoms in total. The highest BCUT2D eigenvalue weighted by Crippen LogP contribution is 2.14. The summed E-state index contributed by atoms with van der Waals surface area (Å²) in [6.07, 6.45) is 3.48. The first-order chi connectivity index (χ1) is 8.09. The van der Waals surface area contributed by atoms with Crippen LogP contribution in [0.15, 0.2) is 18.5 Å². The van der Waals surface area contributed by atoms with Crippen molar-refractivity contribution in [2.24, 2.45) is 5.92 Å². The normalized spacial score (nSPS) is 11.4. The Hall–Kier alpha value is -0.640. The number of hydrogen-bond acceptors (Lipinski definition) is 3. The molecule has 1 heterocycles. The van der Waals surface area contributed by atoms with Crippen molar-refractivity contribution in [1.82, 2.24) is 15.2 Å². The lowest BCUT2D eigenvalue weighted by molar-refractivity contribution is 0.321. The third-order valence-corrected chi connectivity index (χ3v) is 2.86. The number of likely N-dealkylation sites (N-methyl/N-ethyl adjacent to an activating group) is 1. The molecule has 1 aromatic heterocycles. The molecule has 0 atom stereocenters. The van der Waals surface area contributed by atoms with E-state index in [0.29, 0.717) is 5.92 Å². The number of nitrogens with one attached hydrogen (secondary N) is 1. The second-order valence-corrected chi connectivity index (χ2v) is 5.21. The summed E-state index contributed by atoms with van der Waals surface area (Å²) in [6.45, 7) is 8.40. The summed E-state index contributed by atoms with van der Waals surface area (Å²) < 4.78 is 0. The van der Waals surface area contributed by atoms with Gasteiger partial charge in [0.15, 0.2) is 0 Å². The van der Waals surface area contributed by atoms with Gasteiger partial charge in [-0.15, -0.1) is 0 Å². The molecule has 0 radical (unpaired) electrons. The lowest BCUT2D eigenvalue weighted by Crippen LogP contribution is -2.30. The minimum Gasteiger partial charge on any atom is -0.315 e. The van der Waals surface area contributed by atoms with Crippen molar-refractivity contribution in [2.75, 3.05) is 26.7 Å². The summed E-state index contributed by atoms with van der Waals surface area (Å²) >= 11 is 6.07. The van der Waals surface area contributed by atoms with Gasteiger partial charge in [0.05, 0.1) is 5.02 Å². The molecule has 0 saturated heterocycles. The molecule has 1 N–H and O–H groups in total. The van der Waals surface area contributed by atoms with Gasteiger partial charge in [0.25, 0.3) is 0 Å². The molecule has 1 aromatic rings. The molecular formula is C13H22ClN3. The summed E-state index contributed by atoms with van der Waals surface area (Å²) in [5.41, 5.74) is 1.13. The monoisotopic (exact) mass is 255 g/mol. The minimum absolute atomic E-state index is 0.704. The molecule has 0 spiro atoms. The molecule has 0 saturated carbocycles.